The zero-order chi connectivity index (χ0) is 11.3. The monoisotopic (exact) mass is 206 g/mol. The number of rotatable bonds is 4. The van der Waals surface area contributed by atoms with E-state index in [1.807, 2.05) is 13.8 Å². The van der Waals surface area contributed by atoms with Crippen LogP contribution in [0.25, 0.3) is 0 Å². The maximum Gasteiger partial charge on any atom is 0.335 e. The maximum absolute atomic E-state index is 10.6. The van der Waals surface area contributed by atoms with Gasteiger partial charge in [0.1, 0.15) is 0 Å². The third-order valence-electron chi connectivity index (χ3n) is 2.02. The van der Waals surface area contributed by atoms with Crippen LogP contribution in [-0.4, -0.2) is 16.8 Å². The number of nitrogens with zero attached hydrogens (tertiary/aromatic N) is 1. The normalized spacial score (nSPS) is 11.2. The van der Waals surface area contributed by atoms with Gasteiger partial charge in [0.05, 0.1) is 11.3 Å². The van der Waals surface area contributed by atoms with E-state index in [0.29, 0.717) is 0 Å². The Morgan fingerprint density at radius 2 is 2.00 bits per heavy atom. The quantitative estimate of drug-likeness (QED) is 0.588. The van der Waals surface area contributed by atoms with Gasteiger partial charge in [-0.3, -0.25) is 5.43 Å². The number of anilines is 1. The van der Waals surface area contributed by atoms with Gasteiger partial charge in [0.15, 0.2) is 0 Å². The van der Waals surface area contributed by atoms with Crippen molar-refractivity contribution in [2.45, 2.75) is 20.3 Å². The van der Waals surface area contributed by atoms with E-state index in [2.05, 4.69) is 10.5 Å². The number of benzene rings is 1. The molecule has 4 heteroatoms. The molecule has 0 saturated carbocycles. The van der Waals surface area contributed by atoms with Gasteiger partial charge in [-0.1, -0.05) is 6.92 Å². The first-order valence-electron chi connectivity index (χ1n) is 4.76. The smallest absolute Gasteiger partial charge is 0.335 e. The van der Waals surface area contributed by atoms with E-state index >= 15 is 0 Å². The number of carboxylic acid groups (broad SMARTS) is 1. The largest absolute Gasteiger partial charge is 0.478 e. The van der Waals surface area contributed by atoms with Gasteiger partial charge in [-0.15, -0.1) is 0 Å². The minimum absolute atomic E-state index is 0.275. The van der Waals surface area contributed by atoms with Crippen molar-refractivity contribution < 1.29 is 9.90 Å². The van der Waals surface area contributed by atoms with Crippen LogP contribution in [0.15, 0.2) is 29.4 Å². The lowest BCUT2D eigenvalue weighted by Crippen LogP contribution is -1.98. The number of carbonyl (C=O) groups is 1. The van der Waals surface area contributed by atoms with Gasteiger partial charge in [-0.05, 0) is 37.6 Å². The molecule has 2 N–H and O–H groups in total. The van der Waals surface area contributed by atoms with Gasteiger partial charge in [-0.2, -0.15) is 5.10 Å². The Bertz CT molecular complexity index is 369. The number of aromatic carboxylic acids is 1. The van der Waals surface area contributed by atoms with E-state index in [-0.39, 0.29) is 5.56 Å². The lowest BCUT2D eigenvalue weighted by Gasteiger charge is -2.02. The average Bonchev–Trinajstić information content (AvgIpc) is 2.26. The average molecular weight is 206 g/mol. The molecular formula is C11H14N2O2. The molecule has 0 spiro atoms. The second-order valence-electron chi connectivity index (χ2n) is 3.19. The molecule has 80 valence electrons. The van der Waals surface area contributed by atoms with Crippen LogP contribution < -0.4 is 5.43 Å². The van der Waals surface area contributed by atoms with E-state index in [9.17, 15) is 4.79 Å². The summed E-state index contributed by atoms with van der Waals surface area (Å²) in [7, 11) is 0. The van der Waals surface area contributed by atoms with Crippen LogP contribution in [0.2, 0.25) is 0 Å². The van der Waals surface area contributed by atoms with Gasteiger partial charge in [0.25, 0.3) is 0 Å². The predicted octanol–water partition coefficient (Wildman–Crippen LogP) is 2.58. The van der Waals surface area contributed by atoms with Crippen molar-refractivity contribution in [3.8, 4) is 0 Å². The molecule has 0 aromatic heterocycles. The molecule has 0 bridgehead atoms. The van der Waals surface area contributed by atoms with Crippen LogP contribution in [-0.2, 0) is 0 Å². The van der Waals surface area contributed by atoms with Crippen LogP contribution in [0.3, 0.4) is 0 Å². The number of carboxylic acids is 1. The molecule has 4 nitrogen and oxygen atoms in total. The Labute approximate surface area is 88.6 Å². The molecular weight excluding hydrogens is 192 g/mol. The molecule has 0 unspecified atom stereocenters. The molecule has 0 heterocycles. The Hall–Kier alpha value is -1.84. The topological polar surface area (TPSA) is 61.7 Å². The lowest BCUT2D eigenvalue weighted by atomic mass is 10.2. The SMILES string of the molecule is CC/C(C)=N\Nc1ccc(C(=O)O)cc1. The first-order chi connectivity index (χ1) is 7.13. The van der Waals surface area contributed by atoms with Crippen molar-refractivity contribution in [3.63, 3.8) is 0 Å². The van der Waals surface area contributed by atoms with Gasteiger partial charge in [0.2, 0.25) is 0 Å². The summed E-state index contributed by atoms with van der Waals surface area (Å²) >= 11 is 0. The van der Waals surface area contributed by atoms with Crippen molar-refractivity contribution in [3.05, 3.63) is 29.8 Å². The van der Waals surface area contributed by atoms with Crippen LogP contribution in [0, 0.1) is 0 Å². The zero-order valence-electron chi connectivity index (χ0n) is 8.82. The molecule has 1 aromatic rings. The molecule has 0 atom stereocenters. The predicted molar refractivity (Wildman–Crippen MR) is 60.4 cm³/mol. The molecule has 1 aromatic carbocycles. The van der Waals surface area contributed by atoms with E-state index in [4.69, 9.17) is 5.11 Å². The molecule has 0 radical (unpaired) electrons. The van der Waals surface area contributed by atoms with Gasteiger partial charge >= 0.3 is 5.97 Å². The minimum atomic E-state index is -0.921. The lowest BCUT2D eigenvalue weighted by molar-refractivity contribution is 0.0697. The second kappa shape index (κ2) is 5.14. The summed E-state index contributed by atoms with van der Waals surface area (Å²) < 4.78 is 0. The summed E-state index contributed by atoms with van der Waals surface area (Å²) in [5.74, 6) is -0.921. The highest BCUT2D eigenvalue weighted by molar-refractivity contribution is 5.88. The van der Waals surface area contributed by atoms with Crippen LogP contribution in [0.1, 0.15) is 30.6 Å². The summed E-state index contributed by atoms with van der Waals surface area (Å²) in [6.07, 6.45) is 0.889. The van der Waals surface area contributed by atoms with Crippen molar-refractivity contribution in [2.24, 2.45) is 5.10 Å². The van der Waals surface area contributed by atoms with Crippen molar-refractivity contribution in [2.75, 3.05) is 5.43 Å². The van der Waals surface area contributed by atoms with Crippen LogP contribution >= 0.6 is 0 Å². The van der Waals surface area contributed by atoms with E-state index < -0.39 is 5.97 Å². The van der Waals surface area contributed by atoms with Crippen molar-refractivity contribution in [1.82, 2.24) is 0 Å². The maximum atomic E-state index is 10.6. The molecule has 0 amide bonds. The Morgan fingerprint density at radius 3 is 2.47 bits per heavy atom. The molecule has 15 heavy (non-hydrogen) atoms. The molecule has 0 fully saturated rings. The fraction of sp³-hybridized carbons (Fsp3) is 0.273. The molecule has 0 aliphatic heterocycles. The van der Waals surface area contributed by atoms with Crippen LogP contribution in [0.4, 0.5) is 5.69 Å². The fourth-order valence-corrected chi connectivity index (χ4v) is 0.926. The Kier molecular flexibility index (Phi) is 3.85. The zero-order valence-corrected chi connectivity index (χ0v) is 8.82. The molecule has 0 aliphatic carbocycles. The highest BCUT2D eigenvalue weighted by Gasteiger charge is 2.00. The number of nitrogens with one attached hydrogen (secondary N) is 1. The van der Waals surface area contributed by atoms with E-state index in [1.165, 1.54) is 0 Å². The Balaban J connectivity index is 2.69. The molecule has 1 rings (SSSR count). The Morgan fingerprint density at radius 1 is 1.40 bits per heavy atom. The van der Waals surface area contributed by atoms with Gasteiger partial charge < -0.3 is 5.11 Å². The second-order valence-corrected chi connectivity index (χ2v) is 3.19. The number of hydrazone groups is 1. The van der Waals surface area contributed by atoms with Crippen LogP contribution in [0.5, 0.6) is 0 Å². The molecule has 0 saturated heterocycles. The first-order valence-corrected chi connectivity index (χ1v) is 4.76. The van der Waals surface area contributed by atoms with Gasteiger partial charge in [0, 0.05) is 5.71 Å². The van der Waals surface area contributed by atoms with Crippen molar-refractivity contribution >= 4 is 17.4 Å². The first kappa shape index (κ1) is 11.2. The summed E-state index contributed by atoms with van der Waals surface area (Å²) in [6, 6.07) is 6.47. The van der Waals surface area contributed by atoms with Gasteiger partial charge in [-0.25, -0.2) is 4.79 Å². The number of hydrogen-bond donors (Lipinski definition) is 2. The summed E-state index contributed by atoms with van der Waals surface area (Å²) in [5.41, 5.74) is 4.91. The third-order valence-corrected chi connectivity index (χ3v) is 2.02. The van der Waals surface area contributed by atoms with E-state index in [0.717, 1.165) is 17.8 Å². The highest BCUT2D eigenvalue weighted by Crippen LogP contribution is 2.09. The summed E-state index contributed by atoms with van der Waals surface area (Å²) in [5, 5.41) is 12.8. The number of hydrogen-bond acceptors (Lipinski definition) is 3. The summed E-state index contributed by atoms with van der Waals surface area (Å²) in [6.45, 7) is 3.95. The van der Waals surface area contributed by atoms with E-state index in [1.54, 1.807) is 24.3 Å². The minimum Gasteiger partial charge on any atom is -0.478 e. The fourth-order valence-electron chi connectivity index (χ4n) is 0.926. The third kappa shape index (κ3) is 3.42. The standard InChI is InChI=1S/C11H14N2O2/c1-3-8(2)12-13-10-6-4-9(5-7-10)11(14)15/h4-7,13H,3H2,1-2H3,(H,14,15)/b12-8-. The molecule has 0 aliphatic rings. The highest BCUT2D eigenvalue weighted by atomic mass is 16.4. The van der Waals surface area contributed by atoms with Crippen molar-refractivity contribution in [1.29, 1.82) is 0 Å². The summed E-state index contributed by atoms with van der Waals surface area (Å²) in [4.78, 5) is 10.6.